The first kappa shape index (κ1) is 18.3. The molecule has 144 valence electrons. The van der Waals surface area contributed by atoms with Crippen molar-refractivity contribution in [1.82, 2.24) is 10.3 Å². The monoisotopic (exact) mass is 375 g/mol. The highest BCUT2D eigenvalue weighted by Crippen LogP contribution is 2.35. The van der Waals surface area contributed by atoms with Crippen molar-refractivity contribution in [2.75, 3.05) is 11.4 Å². The number of imide groups is 1. The quantitative estimate of drug-likeness (QED) is 0.723. The first-order valence-electron chi connectivity index (χ1n) is 9.86. The summed E-state index contributed by atoms with van der Waals surface area (Å²) in [4.78, 5) is 29.9. The van der Waals surface area contributed by atoms with Gasteiger partial charge in [0.25, 0.3) is 5.91 Å². The zero-order valence-corrected chi connectivity index (χ0v) is 16.1. The molecule has 1 unspecified atom stereocenters. The number of aromatic nitrogens is 1. The summed E-state index contributed by atoms with van der Waals surface area (Å²) < 4.78 is 0. The number of rotatable bonds is 4. The number of carbonyl (C=O) groups is 2. The predicted molar refractivity (Wildman–Crippen MR) is 112 cm³/mol. The average Bonchev–Trinajstić information content (AvgIpc) is 3.17. The van der Waals surface area contributed by atoms with Gasteiger partial charge in [-0.1, -0.05) is 30.3 Å². The standard InChI is InChI=1S/C23H25N3O2/c1-16(27)25-23(28)20-10-11-21-19(12-13-24-21)22(20)26-14-6-5-9-18(26)15-17-7-3-2-4-8-17/h2-4,7-8,10-13,18,24H,5-6,9,14-15H2,1H3,(H,25,27,28). The molecule has 28 heavy (non-hydrogen) atoms. The molecule has 1 saturated heterocycles. The van der Waals surface area contributed by atoms with Crippen molar-refractivity contribution in [2.24, 2.45) is 0 Å². The number of aromatic amines is 1. The first-order chi connectivity index (χ1) is 13.6. The van der Waals surface area contributed by atoms with Crippen molar-refractivity contribution in [3.63, 3.8) is 0 Å². The van der Waals surface area contributed by atoms with Crippen molar-refractivity contribution in [2.45, 2.75) is 38.6 Å². The topological polar surface area (TPSA) is 65.2 Å². The maximum Gasteiger partial charge on any atom is 0.259 e. The van der Waals surface area contributed by atoms with Crippen molar-refractivity contribution >= 4 is 28.4 Å². The number of benzene rings is 2. The summed E-state index contributed by atoms with van der Waals surface area (Å²) >= 11 is 0. The Hall–Kier alpha value is -3.08. The third-order valence-electron chi connectivity index (χ3n) is 5.47. The van der Waals surface area contributed by atoms with Crippen LogP contribution < -0.4 is 10.2 Å². The van der Waals surface area contributed by atoms with Gasteiger partial charge in [0, 0.05) is 36.6 Å². The molecule has 4 rings (SSSR count). The molecule has 1 fully saturated rings. The van der Waals surface area contributed by atoms with Gasteiger partial charge in [0.15, 0.2) is 0 Å². The van der Waals surface area contributed by atoms with Crippen molar-refractivity contribution in [3.05, 3.63) is 65.9 Å². The van der Waals surface area contributed by atoms with Crippen molar-refractivity contribution < 1.29 is 9.59 Å². The molecule has 1 aliphatic rings. The molecule has 1 atom stereocenters. The molecule has 3 aromatic rings. The Balaban J connectivity index is 1.77. The number of amides is 2. The van der Waals surface area contributed by atoms with E-state index in [1.807, 2.05) is 30.5 Å². The minimum atomic E-state index is -0.343. The van der Waals surface area contributed by atoms with E-state index in [9.17, 15) is 9.59 Å². The summed E-state index contributed by atoms with van der Waals surface area (Å²) in [7, 11) is 0. The van der Waals surface area contributed by atoms with E-state index in [0.717, 1.165) is 42.4 Å². The number of anilines is 1. The number of nitrogens with zero attached hydrogens (tertiary/aromatic N) is 1. The van der Waals surface area contributed by atoms with E-state index in [2.05, 4.69) is 39.5 Å². The molecular formula is C23H25N3O2. The Kier molecular flexibility index (Phi) is 5.15. The van der Waals surface area contributed by atoms with Crippen LogP contribution in [0.4, 0.5) is 5.69 Å². The van der Waals surface area contributed by atoms with Crippen LogP contribution in [0.15, 0.2) is 54.7 Å². The number of nitrogens with one attached hydrogen (secondary N) is 2. The van der Waals surface area contributed by atoms with E-state index in [1.165, 1.54) is 18.9 Å². The van der Waals surface area contributed by atoms with Gasteiger partial charge in [-0.15, -0.1) is 0 Å². The van der Waals surface area contributed by atoms with Crippen LogP contribution in [0.2, 0.25) is 0 Å². The molecule has 1 aliphatic heterocycles. The number of piperidine rings is 1. The Bertz CT molecular complexity index is 994. The van der Waals surface area contributed by atoms with Crippen LogP contribution in [0.1, 0.15) is 42.1 Å². The van der Waals surface area contributed by atoms with Crippen molar-refractivity contribution in [3.8, 4) is 0 Å². The van der Waals surface area contributed by atoms with Gasteiger partial charge in [-0.25, -0.2) is 0 Å². The maximum atomic E-state index is 12.8. The van der Waals surface area contributed by atoms with Gasteiger partial charge in [-0.2, -0.15) is 0 Å². The summed E-state index contributed by atoms with van der Waals surface area (Å²) in [6, 6.07) is 16.6. The molecule has 0 aliphatic carbocycles. The fourth-order valence-corrected chi connectivity index (χ4v) is 4.23. The maximum absolute atomic E-state index is 12.8. The van der Waals surface area contributed by atoms with Crippen LogP contribution in [0.25, 0.3) is 10.9 Å². The van der Waals surface area contributed by atoms with Crippen LogP contribution >= 0.6 is 0 Å². The van der Waals surface area contributed by atoms with Crippen LogP contribution in [0.5, 0.6) is 0 Å². The molecule has 2 aromatic carbocycles. The van der Waals surface area contributed by atoms with Crippen LogP contribution in [0, 0.1) is 0 Å². The second-order valence-electron chi connectivity index (χ2n) is 7.44. The summed E-state index contributed by atoms with van der Waals surface area (Å²) in [6.45, 7) is 2.27. The van der Waals surface area contributed by atoms with Crippen LogP contribution in [0.3, 0.4) is 0 Å². The van der Waals surface area contributed by atoms with E-state index in [-0.39, 0.29) is 11.8 Å². The fraction of sp³-hybridized carbons (Fsp3) is 0.304. The molecule has 2 amide bonds. The Morgan fingerprint density at radius 3 is 2.71 bits per heavy atom. The lowest BCUT2D eigenvalue weighted by Gasteiger charge is -2.39. The number of hydrogen-bond donors (Lipinski definition) is 2. The Morgan fingerprint density at radius 1 is 1.11 bits per heavy atom. The Labute approximate surface area is 164 Å². The second kappa shape index (κ2) is 7.89. The van der Waals surface area contributed by atoms with Gasteiger partial charge < -0.3 is 9.88 Å². The third kappa shape index (κ3) is 3.65. The molecule has 2 N–H and O–H groups in total. The average molecular weight is 375 g/mol. The third-order valence-corrected chi connectivity index (χ3v) is 5.47. The minimum absolute atomic E-state index is 0.320. The van der Waals surface area contributed by atoms with Gasteiger partial charge in [0.05, 0.1) is 11.3 Å². The van der Waals surface area contributed by atoms with Crippen molar-refractivity contribution in [1.29, 1.82) is 0 Å². The highest BCUT2D eigenvalue weighted by atomic mass is 16.2. The van der Waals surface area contributed by atoms with E-state index >= 15 is 0 Å². The van der Waals surface area contributed by atoms with E-state index in [4.69, 9.17) is 0 Å². The normalized spacial score (nSPS) is 16.9. The molecule has 0 bridgehead atoms. The SMILES string of the molecule is CC(=O)NC(=O)c1ccc2[nH]ccc2c1N1CCCCC1Cc1ccccc1. The van der Waals surface area contributed by atoms with Gasteiger partial charge in [-0.05, 0) is 49.4 Å². The number of H-pyrrole nitrogens is 1. The highest BCUT2D eigenvalue weighted by Gasteiger charge is 2.28. The lowest BCUT2D eigenvalue weighted by atomic mass is 9.93. The number of hydrogen-bond acceptors (Lipinski definition) is 3. The summed E-state index contributed by atoms with van der Waals surface area (Å²) in [5.41, 5.74) is 3.79. The Morgan fingerprint density at radius 2 is 1.93 bits per heavy atom. The van der Waals surface area contributed by atoms with Gasteiger partial charge >= 0.3 is 0 Å². The largest absolute Gasteiger partial charge is 0.367 e. The molecule has 2 heterocycles. The predicted octanol–water partition coefficient (Wildman–Crippen LogP) is 4.05. The lowest BCUT2D eigenvalue weighted by Crippen LogP contribution is -2.42. The minimum Gasteiger partial charge on any atom is -0.367 e. The summed E-state index contributed by atoms with van der Waals surface area (Å²) in [6.07, 6.45) is 6.21. The highest BCUT2D eigenvalue weighted by molar-refractivity contribution is 6.12. The van der Waals surface area contributed by atoms with Gasteiger partial charge in [0.2, 0.25) is 5.91 Å². The molecule has 5 nitrogen and oxygen atoms in total. The zero-order chi connectivity index (χ0) is 19.5. The molecule has 0 saturated carbocycles. The van der Waals surface area contributed by atoms with Gasteiger partial charge in [0.1, 0.15) is 0 Å². The molecular weight excluding hydrogens is 350 g/mol. The summed E-state index contributed by atoms with van der Waals surface area (Å²) in [5.74, 6) is -0.681. The molecule has 0 spiro atoms. The van der Waals surface area contributed by atoms with E-state index in [1.54, 1.807) is 0 Å². The lowest BCUT2D eigenvalue weighted by molar-refractivity contribution is -0.118. The van der Waals surface area contributed by atoms with Gasteiger partial charge in [-0.3, -0.25) is 14.9 Å². The van der Waals surface area contributed by atoms with Crippen LogP contribution in [-0.4, -0.2) is 29.4 Å². The fourth-order valence-electron chi connectivity index (χ4n) is 4.23. The summed E-state index contributed by atoms with van der Waals surface area (Å²) in [5, 5.41) is 3.47. The first-order valence-corrected chi connectivity index (χ1v) is 9.86. The second-order valence-corrected chi connectivity index (χ2v) is 7.44. The van der Waals surface area contributed by atoms with E-state index < -0.39 is 0 Å². The zero-order valence-electron chi connectivity index (χ0n) is 16.1. The van der Waals surface area contributed by atoms with Crippen LogP contribution in [-0.2, 0) is 11.2 Å². The molecule has 0 radical (unpaired) electrons. The molecule has 5 heteroatoms. The van der Waals surface area contributed by atoms with E-state index in [0.29, 0.717) is 11.6 Å². The number of carbonyl (C=O) groups excluding carboxylic acids is 2. The smallest absolute Gasteiger partial charge is 0.259 e. The molecule has 1 aromatic heterocycles. The number of fused-ring (bicyclic) bond motifs is 1.